The van der Waals surface area contributed by atoms with Crippen LogP contribution in [0, 0.1) is 51.2 Å². The molecule has 4 aliphatic carbocycles. The molecule has 156 valence electrons. The molecular weight excluding hydrogens is 500 g/mol. The summed E-state index contributed by atoms with van der Waals surface area (Å²) in [5, 5.41) is 10.7. The third-order valence-electron chi connectivity index (χ3n) is 11.3. The first-order chi connectivity index (χ1) is 12.0. The summed E-state index contributed by atoms with van der Waals surface area (Å²) < 4.78 is 0. The molecule has 0 spiro atoms. The van der Waals surface area contributed by atoms with Crippen molar-refractivity contribution >= 4 is 0 Å². The van der Waals surface area contributed by atoms with E-state index in [9.17, 15) is 5.11 Å². The van der Waals surface area contributed by atoms with Crippen LogP contribution in [-0.4, -0.2) is 11.2 Å². The van der Waals surface area contributed by atoms with Gasteiger partial charge in [-0.25, -0.2) is 0 Å². The number of aliphatic hydroxyl groups excluding tert-OH is 1. The van der Waals surface area contributed by atoms with E-state index in [1.165, 1.54) is 44.9 Å². The third kappa shape index (κ3) is 2.76. The molecule has 0 saturated heterocycles. The maximum atomic E-state index is 10.7. The summed E-state index contributed by atoms with van der Waals surface area (Å²) in [6.45, 7) is 17.7. The zero-order valence-electron chi connectivity index (χ0n) is 18.9. The molecule has 4 saturated carbocycles. The first kappa shape index (κ1) is 22.3. The molecule has 0 heterocycles. The molecule has 0 aromatic carbocycles. The summed E-state index contributed by atoms with van der Waals surface area (Å²) in [5.74, 6) is 4.98. The van der Waals surface area contributed by atoms with Crippen LogP contribution < -0.4 is 0 Å². The summed E-state index contributed by atoms with van der Waals surface area (Å²) in [6.07, 6.45) is 10.5. The van der Waals surface area contributed by atoms with Crippen LogP contribution in [0.25, 0.3) is 0 Å². The SMILES string of the molecule is C[C-]1CC[C@]2(C)[C@H](CC[C@@H]3[C@@]4(C)CC[C@H](O)C(C)(C)[C@@H]4CC[C@]32C)C1C.[W]. The average Bonchev–Trinajstić information content (AvgIpc) is 2.56. The second kappa shape index (κ2) is 6.83. The standard InChI is InChI=1S/C25H43O.W/c1-16-10-14-24(6)18(17(16)2)8-9-20-23(5)13-12-21(26)22(3,4)19(23)11-15-25(20,24)7;/h17-21,26H,8-15H2,1-7H3;/q-1;/t17?,18-,19+,20-,21+,23+,24-,25-;/m1./s1. The van der Waals surface area contributed by atoms with Gasteiger partial charge in [0.15, 0.2) is 0 Å². The molecule has 8 atom stereocenters. The molecule has 0 radical (unpaired) electrons. The predicted molar refractivity (Wildman–Crippen MR) is 110 cm³/mol. The van der Waals surface area contributed by atoms with Gasteiger partial charge in [-0.3, -0.25) is 0 Å². The zero-order chi connectivity index (χ0) is 19.1. The first-order valence-corrected chi connectivity index (χ1v) is 11.5. The van der Waals surface area contributed by atoms with Crippen LogP contribution in [0.5, 0.6) is 0 Å². The molecular formula is C25H43OW-. The summed E-state index contributed by atoms with van der Waals surface area (Å²) in [7, 11) is 0. The quantitative estimate of drug-likeness (QED) is 0.340. The summed E-state index contributed by atoms with van der Waals surface area (Å²) in [4.78, 5) is 0. The molecule has 1 unspecified atom stereocenters. The minimum absolute atomic E-state index is 0. The van der Waals surface area contributed by atoms with Gasteiger partial charge < -0.3 is 11.0 Å². The Bertz CT molecular complexity index is 573. The molecule has 1 nitrogen and oxygen atoms in total. The van der Waals surface area contributed by atoms with Crippen LogP contribution in [0.2, 0.25) is 0 Å². The summed E-state index contributed by atoms with van der Waals surface area (Å²) >= 11 is 0. The zero-order valence-corrected chi connectivity index (χ0v) is 21.8. The van der Waals surface area contributed by atoms with Crippen molar-refractivity contribution in [2.75, 3.05) is 0 Å². The minimum Gasteiger partial charge on any atom is -0.393 e. The number of rotatable bonds is 0. The summed E-state index contributed by atoms with van der Waals surface area (Å²) in [5.41, 5.74) is 1.48. The van der Waals surface area contributed by atoms with E-state index in [2.05, 4.69) is 48.5 Å². The van der Waals surface area contributed by atoms with E-state index in [0.29, 0.717) is 22.2 Å². The molecule has 27 heavy (non-hydrogen) atoms. The van der Waals surface area contributed by atoms with E-state index >= 15 is 0 Å². The van der Waals surface area contributed by atoms with Crippen LogP contribution in [0.3, 0.4) is 0 Å². The molecule has 0 aromatic rings. The van der Waals surface area contributed by atoms with E-state index in [1.54, 1.807) is 5.92 Å². The molecule has 4 aliphatic rings. The fraction of sp³-hybridized carbons (Fsp3) is 0.960. The number of aliphatic hydroxyl groups is 1. The maximum Gasteiger partial charge on any atom is 0.0594 e. The molecule has 4 rings (SSSR count). The largest absolute Gasteiger partial charge is 0.393 e. The smallest absolute Gasteiger partial charge is 0.0594 e. The van der Waals surface area contributed by atoms with Crippen LogP contribution in [0.4, 0.5) is 0 Å². The first-order valence-electron chi connectivity index (χ1n) is 11.5. The average molecular weight is 543 g/mol. The van der Waals surface area contributed by atoms with Crippen LogP contribution in [0.1, 0.15) is 99.8 Å². The second-order valence-corrected chi connectivity index (χ2v) is 12.2. The van der Waals surface area contributed by atoms with Crippen LogP contribution >= 0.6 is 0 Å². The Kier molecular flexibility index (Phi) is 5.65. The molecule has 0 aromatic heterocycles. The Morgan fingerprint density at radius 3 is 2.15 bits per heavy atom. The predicted octanol–water partition coefficient (Wildman–Crippen LogP) is 6.64. The second-order valence-electron chi connectivity index (χ2n) is 12.2. The fourth-order valence-corrected chi connectivity index (χ4v) is 9.26. The molecule has 2 heteroatoms. The van der Waals surface area contributed by atoms with Crippen molar-refractivity contribution < 1.29 is 26.2 Å². The van der Waals surface area contributed by atoms with Gasteiger partial charge >= 0.3 is 0 Å². The molecule has 4 fully saturated rings. The van der Waals surface area contributed by atoms with Crippen molar-refractivity contribution in [1.29, 1.82) is 0 Å². The Hall–Kier alpha value is 0.648. The van der Waals surface area contributed by atoms with Crippen molar-refractivity contribution in [2.45, 2.75) is 106 Å². The number of hydrogen-bond acceptors (Lipinski definition) is 1. The Balaban J connectivity index is 0.00000210. The number of hydrogen-bond donors (Lipinski definition) is 1. The van der Waals surface area contributed by atoms with Gasteiger partial charge in [-0.15, -0.1) is 0 Å². The van der Waals surface area contributed by atoms with E-state index in [-0.39, 0.29) is 32.6 Å². The monoisotopic (exact) mass is 543 g/mol. The van der Waals surface area contributed by atoms with Gasteiger partial charge in [0.25, 0.3) is 0 Å². The topological polar surface area (TPSA) is 20.2 Å². The third-order valence-corrected chi connectivity index (χ3v) is 11.3. The Morgan fingerprint density at radius 2 is 1.48 bits per heavy atom. The van der Waals surface area contributed by atoms with Crippen LogP contribution in [-0.2, 0) is 21.1 Å². The maximum absolute atomic E-state index is 10.7. The Labute approximate surface area is 183 Å². The van der Waals surface area contributed by atoms with Crippen molar-refractivity contribution in [1.82, 2.24) is 0 Å². The van der Waals surface area contributed by atoms with Crippen molar-refractivity contribution in [3.05, 3.63) is 5.92 Å². The van der Waals surface area contributed by atoms with Gasteiger partial charge in [-0.2, -0.15) is 19.3 Å². The van der Waals surface area contributed by atoms with E-state index in [0.717, 1.165) is 24.2 Å². The van der Waals surface area contributed by atoms with Gasteiger partial charge in [0.05, 0.1) is 6.10 Å². The van der Waals surface area contributed by atoms with Crippen molar-refractivity contribution in [3.8, 4) is 0 Å². The van der Waals surface area contributed by atoms with Crippen LogP contribution in [0.15, 0.2) is 0 Å². The molecule has 0 amide bonds. The summed E-state index contributed by atoms with van der Waals surface area (Å²) in [6, 6.07) is 0. The van der Waals surface area contributed by atoms with Gasteiger partial charge in [0, 0.05) is 21.1 Å². The Morgan fingerprint density at radius 1 is 0.815 bits per heavy atom. The molecule has 0 aliphatic heterocycles. The molecule has 1 N–H and O–H groups in total. The van der Waals surface area contributed by atoms with Gasteiger partial charge in [0.1, 0.15) is 0 Å². The van der Waals surface area contributed by atoms with E-state index in [1.807, 2.05) is 0 Å². The van der Waals surface area contributed by atoms with Gasteiger partial charge in [0.2, 0.25) is 0 Å². The molecule has 0 bridgehead atoms. The van der Waals surface area contributed by atoms with Crippen molar-refractivity contribution in [2.24, 2.45) is 45.3 Å². The van der Waals surface area contributed by atoms with E-state index < -0.39 is 0 Å². The fourth-order valence-electron chi connectivity index (χ4n) is 9.26. The van der Waals surface area contributed by atoms with Gasteiger partial charge in [-0.05, 0) is 65.6 Å². The van der Waals surface area contributed by atoms with Gasteiger partial charge in [-0.1, -0.05) is 60.3 Å². The van der Waals surface area contributed by atoms with Crippen molar-refractivity contribution in [3.63, 3.8) is 0 Å². The van der Waals surface area contributed by atoms with E-state index in [4.69, 9.17) is 0 Å². The minimum atomic E-state index is -0.108. The number of fused-ring (bicyclic) bond motifs is 5. The normalized spacial score (nSPS) is 54.9.